The van der Waals surface area contributed by atoms with Crippen LogP contribution in [0.15, 0.2) is 35.5 Å². The number of carbonyl (C=O) groups excluding carboxylic acids is 3. The van der Waals surface area contributed by atoms with Crippen LogP contribution in [0.1, 0.15) is 38.7 Å². The van der Waals surface area contributed by atoms with E-state index in [1.807, 2.05) is 24.3 Å². The lowest BCUT2D eigenvalue weighted by Crippen LogP contribution is -2.58. The molecule has 41 heavy (non-hydrogen) atoms. The van der Waals surface area contributed by atoms with Gasteiger partial charge < -0.3 is 48.3 Å². The van der Waals surface area contributed by atoms with E-state index in [0.717, 1.165) is 10.9 Å². The van der Waals surface area contributed by atoms with Crippen molar-refractivity contribution in [2.24, 2.45) is 28.1 Å². The maximum absolute atomic E-state index is 13.3. The van der Waals surface area contributed by atoms with Gasteiger partial charge in [-0.2, -0.15) is 0 Å². The average molecular weight is 575 g/mol. The van der Waals surface area contributed by atoms with Crippen molar-refractivity contribution in [1.82, 2.24) is 20.9 Å². The van der Waals surface area contributed by atoms with Gasteiger partial charge in [0.15, 0.2) is 5.96 Å². The second-order valence-corrected chi connectivity index (χ2v) is 9.91. The number of nitrogens with one attached hydrogen (secondary N) is 4. The smallest absolute Gasteiger partial charge is 0.326 e. The summed E-state index contributed by atoms with van der Waals surface area (Å²) in [5, 5.41) is 27.1. The molecular formula is C26H38N8O7. The van der Waals surface area contributed by atoms with Gasteiger partial charge in [0.25, 0.3) is 0 Å². The summed E-state index contributed by atoms with van der Waals surface area (Å²) in [6.45, 7) is 3.43. The minimum Gasteiger partial charge on any atom is -0.481 e. The van der Waals surface area contributed by atoms with Crippen LogP contribution in [0.2, 0.25) is 0 Å². The summed E-state index contributed by atoms with van der Waals surface area (Å²) in [4.78, 5) is 68.8. The number of fused-ring (bicyclic) bond motifs is 1. The zero-order valence-electron chi connectivity index (χ0n) is 22.9. The molecule has 0 radical (unpaired) electrons. The molecule has 1 heterocycles. The number of rotatable bonds is 16. The van der Waals surface area contributed by atoms with E-state index in [4.69, 9.17) is 22.3 Å². The lowest BCUT2D eigenvalue weighted by Gasteiger charge is -2.27. The van der Waals surface area contributed by atoms with Gasteiger partial charge in [0.1, 0.15) is 18.1 Å². The molecule has 15 heteroatoms. The lowest BCUT2D eigenvalue weighted by molar-refractivity contribution is -0.142. The number of hydrogen-bond donors (Lipinski definition) is 9. The molecular weight excluding hydrogens is 536 g/mol. The Labute approximate surface area is 236 Å². The molecule has 1 aromatic heterocycles. The van der Waals surface area contributed by atoms with Crippen LogP contribution in [0, 0.1) is 5.92 Å². The molecule has 0 saturated heterocycles. The van der Waals surface area contributed by atoms with E-state index < -0.39 is 66.2 Å². The van der Waals surface area contributed by atoms with Gasteiger partial charge in [-0.25, -0.2) is 4.79 Å². The van der Waals surface area contributed by atoms with E-state index in [9.17, 15) is 29.1 Å². The van der Waals surface area contributed by atoms with Gasteiger partial charge in [0.05, 0.1) is 12.5 Å². The predicted molar refractivity (Wildman–Crippen MR) is 150 cm³/mol. The first kappa shape index (κ1) is 32.6. The van der Waals surface area contributed by atoms with Gasteiger partial charge in [0.2, 0.25) is 17.7 Å². The molecule has 0 aliphatic rings. The molecule has 12 N–H and O–H groups in total. The van der Waals surface area contributed by atoms with Gasteiger partial charge in [-0.15, -0.1) is 0 Å². The highest BCUT2D eigenvalue weighted by atomic mass is 16.4. The first-order chi connectivity index (χ1) is 19.3. The Kier molecular flexibility index (Phi) is 12.1. The predicted octanol–water partition coefficient (Wildman–Crippen LogP) is -1.24. The second-order valence-electron chi connectivity index (χ2n) is 9.91. The van der Waals surface area contributed by atoms with Crippen molar-refractivity contribution in [3.8, 4) is 0 Å². The van der Waals surface area contributed by atoms with Crippen molar-refractivity contribution in [3.63, 3.8) is 0 Å². The number of nitrogens with zero attached hydrogens (tertiary/aromatic N) is 1. The summed E-state index contributed by atoms with van der Waals surface area (Å²) in [6.07, 6.45) is 1.32. The van der Waals surface area contributed by atoms with Gasteiger partial charge in [-0.05, 0) is 30.4 Å². The van der Waals surface area contributed by atoms with Crippen LogP contribution in [0.4, 0.5) is 0 Å². The van der Waals surface area contributed by atoms with E-state index >= 15 is 0 Å². The highest BCUT2D eigenvalue weighted by molar-refractivity contribution is 5.95. The number of carboxylic acid groups (broad SMARTS) is 2. The van der Waals surface area contributed by atoms with Crippen molar-refractivity contribution in [1.29, 1.82) is 0 Å². The maximum atomic E-state index is 13.3. The van der Waals surface area contributed by atoms with Gasteiger partial charge >= 0.3 is 11.9 Å². The van der Waals surface area contributed by atoms with E-state index in [1.165, 1.54) is 0 Å². The highest BCUT2D eigenvalue weighted by Gasteiger charge is 2.32. The van der Waals surface area contributed by atoms with Gasteiger partial charge in [-0.1, -0.05) is 32.0 Å². The van der Waals surface area contributed by atoms with Crippen molar-refractivity contribution in [2.75, 3.05) is 6.54 Å². The number of benzene rings is 1. The number of aliphatic carboxylic acids is 2. The number of guanidine groups is 1. The van der Waals surface area contributed by atoms with Crippen LogP contribution >= 0.6 is 0 Å². The van der Waals surface area contributed by atoms with E-state index in [-0.39, 0.29) is 31.8 Å². The Morgan fingerprint density at radius 2 is 1.61 bits per heavy atom. The summed E-state index contributed by atoms with van der Waals surface area (Å²) >= 11 is 0. The number of carboxylic acids is 2. The average Bonchev–Trinajstić information content (AvgIpc) is 3.30. The van der Waals surface area contributed by atoms with Crippen LogP contribution in [0.25, 0.3) is 10.9 Å². The molecule has 15 nitrogen and oxygen atoms in total. The second kappa shape index (κ2) is 15.2. The third kappa shape index (κ3) is 10.1. The van der Waals surface area contributed by atoms with Crippen LogP contribution in [0.3, 0.4) is 0 Å². The maximum Gasteiger partial charge on any atom is 0.326 e. The normalized spacial score (nSPS) is 14.0. The number of hydrogen-bond acceptors (Lipinski definition) is 7. The van der Waals surface area contributed by atoms with Crippen molar-refractivity contribution in [3.05, 3.63) is 36.0 Å². The molecule has 0 aliphatic heterocycles. The highest BCUT2D eigenvalue weighted by Crippen LogP contribution is 2.19. The quantitative estimate of drug-likeness (QED) is 0.0653. The molecule has 0 aliphatic carbocycles. The van der Waals surface area contributed by atoms with Crippen molar-refractivity contribution in [2.45, 2.75) is 63.7 Å². The number of aromatic amines is 1. The summed E-state index contributed by atoms with van der Waals surface area (Å²) in [7, 11) is 0. The molecule has 4 unspecified atom stereocenters. The number of H-pyrrole nitrogens is 1. The molecule has 4 atom stereocenters. The lowest BCUT2D eigenvalue weighted by atomic mass is 10.0. The van der Waals surface area contributed by atoms with Crippen LogP contribution in [0.5, 0.6) is 0 Å². The molecule has 2 rings (SSSR count). The molecule has 0 saturated carbocycles. The zero-order valence-corrected chi connectivity index (χ0v) is 22.9. The molecule has 3 amide bonds. The number of carbonyl (C=O) groups is 5. The number of aliphatic imine (C=N–C) groups is 1. The Morgan fingerprint density at radius 1 is 0.951 bits per heavy atom. The summed E-state index contributed by atoms with van der Waals surface area (Å²) in [6, 6.07) is 2.26. The van der Waals surface area contributed by atoms with E-state index in [2.05, 4.69) is 25.9 Å². The minimum atomic E-state index is -1.39. The van der Waals surface area contributed by atoms with Gasteiger partial charge in [-0.3, -0.25) is 24.2 Å². The van der Waals surface area contributed by atoms with Crippen LogP contribution in [-0.4, -0.2) is 81.5 Å². The largest absolute Gasteiger partial charge is 0.481 e. The zero-order chi connectivity index (χ0) is 30.7. The van der Waals surface area contributed by atoms with Crippen LogP contribution in [-0.2, 0) is 30.4 Å². The Morgan fingerprint density at radius 3 is 2.22 bits per heavy atom. The third-order valence-corrected chi connectivity index (χ3v) is 6.27. The Hall–Kier alpha value is -4.66. The minimum absolute atomic E-state index is 0.0219. The SMILES string of the molecule is CC(C)C(NC(=O)C(N)CC(=O)O)C(=O)NC(CCCN=C(N)N)C(=O)NC(Cc1c[nH]c2ccccc12)C(=O)O. The molecule has 1 aromatic carbocycles. The summed E-state index contributed by atoms with van der Waals surface area (Å²) in [5.41, 5.74) is 17.8. The first-order valence-electron chi connectivity index (χ1n) is 13.0. The number of aromatic nitrogens is 1. The van der Waals surface area contributed by atoms with E-state index in [1.54, 1.807) is 20.0 Å². The number of para-hydroxylation sites is 1. The monoisotopic (exact) mass is 574 g/mol. The standard InChI is InChI=1S/C26H38N8O7/c1-13(2)21(34-22(37)16(27)11-20(35)36)24(39)32-18(8-5-9-30-26(28)29)23(38)33-19(25(40)41)10-14-12-31-17-7-4-3-6-15(14)17/h3-4,6-7,12-13,16,18-19,21,31H,5,8-11,27H2,1-2H3,(H,32,39)(H,33,38)(H,34,37)(H,35,36)(H,40,41)(H4,28,29,30). The summed E-state index contributed by atoms with van der Waals surface area (Å²) in [5.74, 6) is -5.51. The first-order valence-corrected chi connectivity index (χ1v) is 13.0. The molecule has 0 fully saturated rings. The van der Waals surface area contributed by atoms with Crippen molar-refractivity contribution < 1.29 is 34.2 Å². The molecule has 224 valence electrons. The van der Waals surface area contributed by atoms with Gasteiger partial charge in [0, 0.05) is 30.1 Å². The van der Waals surface area contributed by atoms with Crippen molar-refractivity contribution >= 4 is 46.5 Å². The third-order valence-electron chi connectivity index (χ3n) is 6.27. The Bertz CT molecular complexity index is 1270. The number of nitrogens with two attached hydrogens (primary N) is 3. The molecule has 0 spiro atoms. The summed E-state index contributed by atoms with van der Waals surface area (Å²) < 4.78 is 0. The fourth-order valence-electron chi connectivity index (χ4n) is 4.10. The Balaban J connectivity index is 2.21. The topological polar surface area (TPSA) is 268 Å². The fraction of sp³-hybridized carbons (Fsp3) is 0.462. The number of amides is 3. The molecule has 2 aromatic rings. The van der Waals surface area contributed by atoms with Crippen LogP contribution < -0.4 is 33.2 Å². The molecule has 0 bridgehead atoms. The van der Waals surface area contributed by atoms with E-state index in [0.29, 0.717) is 5.56 Å². The fourth-order valence-corrected chi connectivity index (χ4v) is 4.10.